The number of carbonyl (C=O) groups excluding carboxylic acids is 1. The van der Waals surface area contributed by atoms with Crippen molar-refractivity contribution < 1.29 is 14.3 Å². The maximum Gasteiger partial charge on any atom is 0.293 e. The highest BCUT2D eigenvalue weighted by atomic mass is 35.5. The van der Waals surface area contributed by atoms with E-state index in [0.29, 0.717) is 42.9 Å². The van der Waals surface area contributed by atoms with Crippen LogP contribution in [0.3, 0.4) is 0 Å². The van der Waals surface area contributed by atoms with Crippen LogP contribution in [0.2, 0.25) is 5.02 Å². The normalized spacial score (nSPS) is 16.1. The Hall–Kier alpha value is -3.17. The Labute approximate surface area is 209 Å². The molecule has 1 unspecified atom stereocenters. The number of hydrogen-bond acceptors (Lipinski definition) is 8. The molecule has 1 aliphatic heterocycles. The van der Waals surface area contributed by atoms with Crippen LogP contribution in [0.25, 0.3) is 10.9 Å². The van der Waals surface area contributed by atoms with Gasteiger partial charge in [-0.25, -0.2) is 4.98 Å². The van der Waals surface area contributed by atoms with Gasteiger partial charge in [0.25, 0.3) is 5.56 Å². The van der Waals surface area contributed by atoms with Crippen LogP contribution in [0.15, 0.2) is 35.3 Å². The van der Waals surface area contributed by atoms with E-state index >= 15 is 0 Å². The number of hydrogen-bond donors (Lipinski definition) is 1. The van der Waals surface area contributed by atoms with Gasteiger partial charge in [-0.15, -0.1) is 0 Å². The average molecular weight is 500 g/mol. The average Bonchev–Trinajstić information content (AvgIpc) is 2.83. The second-order valence-corrected chi connectivity index (χ2v) is 9.26. The number of nitrogens with zero attached hydrogens (tertiary/aromatic N) is 4. The first-order valence-corrected chi connectivity index (χ1v) is 12.1. The minimum absolute atomic E-state index is 0.0696. The first-order chi connectivity index (χ1) is 16.8. The third-order valence-corrected chi connectivity index (χ3v) is 6.10. The number of carbonyl (C=O) groups is 1. The van der Waals surface area contributed by atoms with E-state index in [1.165, 1.54) is 0 Å². The number of fused-ring (bicyclic) bond motifs is 1. The Bertz CT molecular complexity index is 1290. The van der Waals surface area contributed by atoms with Crippen LogP contribution >= 0.6 is 11.6 Å². The van der Waals surface area contributed by atoms with Gasteiger partial charge in [-0.05, 0) is 45.0 Å². The van der Waals surface area contributed by atoms with Crippen molar-refractivity contribution in [2.45, 2.75) is 46.3 Å². The summed E-state index contributed by atoms with van der Waals surface area (Å²) in [7, 11) is 0. The van der Waals surface area contributed by atoms with E-state index in [4.69, 9.17) is 21.1 Å². The maximum atomic E-state index is 13.0. The summed E-state index contributed by atoms with van der Waals surface area (Å²) >= 11 is 6.40. The summed E-state index contributed by atoms with van der Waals surface area (Å²) in [6.07, 6.45) is 2.04. The number of anilines is 3. The van der Waals surface area contributed by atoms with Crippen molar-refractivity contribution >= 4 is 45.7 Å². The largest absolute Gasteiger partial charge is 0.480 e. The molecule has 35 heavy (non-hydrogen) atoms. The van der Waals surface area contributed by atoms with Crippen molar-refractivity contribution in [3.63, 3.8) is 0 Å². The number of Topliss-reactive ketones (excluding diaryl/α,β-unsaturated/α-hetero) is 1. The van der Waals surface area contributed by atoms with Gasteiger partial charge in [-0.1, -0.05) is 18.5 Å². The second kappa shape index (κ2) is 10.6. The number of halogens is 1. The molecule has 4 rings (SSSR count). The van der Waals surface area contributed by atoms with Crippen molar-refractivity contribution in [1.82, 2.24) is 14.5 Å². The molecular formula is C25H30ClN5O4. The van der Waals surface area contributed by atoms with E-state index in [-0.39, 0.29) is 35.8 Å². The van der Waals surface area contributed by atoms with Gasteiger partial charge in [0.2, 0.25) is 5.95 Å². The maximum absolute atomic E-state index is 13.0. The Morgan fingerprint density at radius 3 is 2.86 bits per heavy atom. The van der Waals surface area contributed by atoms with E-state index in [1.807, 2.05) is 39.0 Å². The van der Waals surface area contributed by atoms with Gasteiger partial charge in [0.15, 0.2) is 17.4 Å². The zero-order valence-electron chi connectivity index (χ0n) is 20.4. The van der Waals surface area contributed by atoms with Gasteiger partial charge in [0.1, 0.15) is 11.6 Å². The summed E-state index contributed by atoms with van der Waals surface area (Å²) in [6.45, 7) is 9.54. The van der Waals surface area contributed by atoms with Crippen molar-refractivity contribution in [2.75, 3.05) is 36.5 Å². The van der Waals surface area contributed by atoms with Crippen molar-refractivity contribution in [2.24, 2.45) is 0 Å². The molecule has 1 N–H and O–H groups in total. The molecule has 1 fully saturated rings. The minimum atomic E-state index is -0.264. The number of ether oxygens (including phenoxy) is 2. The summed E-state index contributed by atoms with van der Waals surface area (Å²) in [5.41, 5.74) is 1.24. The van der Waals surface area contributed by atoms with Gasteiger partial charge >= 0.3 is 0 Å². The first kappa shape index (κ1) is 24.9. The van der Waals surface area contributed by atoms with Crippen molar-refractivity contribution in [1.29, 1.82) is 0 Å². The smallest absolute Gasteiger partial charge is 0.293 e. The summed E-state index contributed by atoms with van der Waals surface area (Å²) in [5.74, 6) is 1.14. The minimum Gasteiger partial charge on any atom is -0.480 e. The van der Waals surface area contributed by atoms with Crippen LogP contribution in [0, 0.1) is 0 Å². The van der Waals surface area contributed by atoms with E-state index in [9.17, 15) is 9.59 Å². The lowest BCUT2D eigenvalue weighted by Crippen LogP contribution is -2.42. The number of ketones is 1. The molecule has 0 saturated carbocycles. The van der Waals surface area contributed by atoms with Gasteiger partial charge < -0.3 is 24.3 Å². The summed E-state index contributed by atoms with van der Waals surface area (Å²) in [5, 5.41) is 4.45. The molecule has 0 radical (unpaired) electrons. The van der Waals surface area contributed by atoms with Crippen molar-refractivity contribution in [3.8, 4) is 5.75 Å². The molecule has 1 aliphatic rings. The predicted molar refractivity (Wildman–Crippen MR) is 137 cm³/mol. The highest BCUT2D eigenvalue weighted by Crippen LogP contribution is 2.29. The van der Waals surface area contributed by atoms with E-state index in [0.717, 1.165) is 16.6 Å². The van der Waals surface area contributed by atoms with Crippen LogP contribution in [0.1, 0.15) is 40.2 Å². The fraction of sp³-hybridized carbons (Fsp3) is 0.440. The van der Waals surface area contributed by atoms with E-state index in [2.05, 4.69) is 20.2 Å². The molecule has 1 atom stereocenters. The third-order valence-electron chi connectivity index (χ3n) is 5.82. The zero-order valence-corrected chi connectivity index (χ0v) is 21.1. The number of nitrogens with one attached hydrogen (secondary N) is 1. The van der Waals surface area contributed by atoms with Gasteiger partial charge in [-0.3, -0.25) is 9.59 Å². The molecule has 0 bridgehead atoms. The molecule has 186 valence electrons. The molecule has 9 nitrogen and oxygen atoms in total. The molecule has 1 aromatic carbocycles. The topological polar surface area (TPSA) is 98.6 Å². The number of aromatic nitrogens is 3. The highest BCUT2D eigenvalue weighted by molar-refractivity contribution is 6.32. The molecular weight excluding hydrogens is 470 g/mol. The summed E-state index contributed by atoms with van der Waals surface area (Å²) in [4.78, 5) is 35.9. The van der Waals surface area contributed by atoms with Crippen LogP contribution in [0.4, 0.5) is 17.5 Å². The molecule has 3 aromatic rings. The summed E-state index contributed by atoms with van der Waals surface area (Å²) < 4.78 is 12.9. The fourth-order valence-electron chi connectivity index (χ4n) is 4.01. The monoisotopic (exact) mass is 499 g/mol. The molecule has 0 amide bonds. The zero-order chi connectivity index (χ0) is 25.1. The number of morpholine rings is 1. The van der Waals surface area contributed by atoms with E-state index in [1.54, 1.807) is 23.8 Å². The van der Waals surface area contributed by atoms with Crippen LogP contribution in [-0.4, -0.2) is 52.7 Å². The molecule has 2 aromatic heterocycles. The predicted octanol–water partition coefficient (Wildman–Crippen LogP) is 4.35. The first-order valence-electron chi connectivity index (χ1n) is 11.8. The van der Waals surface area contributed by atoms with Gasteiger partial charge in [0.05, 0.1) is 24.4 Å². The third kappa shape index (κ3) is 5.57. The Kier molecular flexibility index (Phi) is 7.57. The standard InChI is InChI=1S/C25H30ClN5O4/c1-5-19(32)14-35-22-11-17-10-18(6-7-21(17)31(15(2)3)24(22)33)28-23-20(26)12-27-25(29-23)30-8-9-34-16(4)13-30/h6-7,10-12,15-16H,5,8-9,13-14H2,1-4H3,(H,27,28,29). The molecule has 1 saturated heterocycles. The number of rotatable bonds is 8. The van der Waals surface area contributed by atoms with Crippen LogP contribution in [-0.2, 0) is 9.53 Å². The van der Waals surface area contributed by atoms with Crippen molar-refractivity contribution in [3.05, 3.63) is 45.8 Å². The lowest BCUT2D eigenvalue weighted by atomic mass is 10.1. The molecule has 0 spiro atoms. The Balaban J connectivity index is 1.67. The van der Waals surface area contributed by atoms with E-state index < -0.39 is 0 Å². The van der Waals surface area contributed by atoms with Gasteiger partial charge in [-0.2, -0.15) is 4.98 Å². The number of pyridine rings is 1. The lowest BCUT2D eigenvalue weighted by Gasteiger charge is -2.31. The van der Waals surface area contributed by atoms with Gasteiger partial charge in [0, 0.05) is 36.6 Å². The molecule has 0 aliphatic carbocycles. The number of benzene rings is 1. The Morgan fingerprint density at radius 1 is 1.34 bits per heavy atom. The quantitative estimate of drug-likeness (QED) is 0.488. The fourth-order valence-corrected chi connectivity index (χ4v) is 4.15. The SMILES string of the molecule is CCC(=O)COc1cc2cc(Nc3nc(N4CCOC(C)C4)ncc3Cl)ccc2n(C(C)C)c1=O. The summed E-state index contributed by atoms with van der Waals surface area (Å²) in [6, 6.07) is 7.23. The Morgan fingerprint density at radius 2 is 2.14 bits per heavy atom. The molecule has 10 heteroatoms. The molecule has 3 heterocycles. The second-order valence-electron chi connectivity index (χ2n) is 8.85. The van der Waals surface area contributed by atoms with Crippen LogP contribution < -0.4 is 20.5 Å². The highest BCUT2D eigenvalue weighted by Gasteiger charge is 2.20. The lowest BCUT2D eigenvalue weighted by molar-refractivity contribution is -0.120. The van der Waals surface area contributed by atoms with Crippen LogP contribution in [0.5, 0.6) is 5.75 Å².